The lowest BCUT2D eigenvalue weighted by molar-refractivity contribution is -0.254. The second-order valence-electron chi connectivity index (χ2n) is 8.81. The lowest BCUT2D eigenvalue weighted by atomic mass is 9.89. The highest BCUT2D eigenvalue weighted by Gasteiger charge is 2.52. The van der Waals surface area contributed by atoms with Crippen molar-refractivity contribution in [1.29, 1.82) is 0 Å². The highest BCUT2D eigenvalue weighted by Crippen LogP contribution is 2.39. The quantitative estimate of drug-likeness (QED) is 0.386. The Morgan fingerprint density at radius 1 is 0.816 bits per heavy atom. The summed E-state index contributed by atoms with van der Waals surface area (Å²) >= 11 is 6.47. The molecule has 0 amide bonds. The minimum atomic E-state index is -1.27. The number of carbonyl (C=O) groups is 4. The van der Waals surface area contributed by atoms with Crippen LogP contribution in [0.3, 0.4) is 0 Å². The molecule has 10 nitrogen and oxygen atoms in total. The van der Waals surface area contributed by atoms with Crippen molar-refractivity contribution in [2.75, 3.05) is 6.61 Å². The summed E-state index contributed by atoms with van der Waals surface area (Å²) in [7, 11) is 0. The van der Waals surface area contributed by atoms with E-state index in [1.54, 1.807) is 42.5 Å². The number of ether oxygens (including phenoxy) is 5. The van der Waals surface area contributed by atoms with Crippen molar-refractivity contribution in [3.8, 4) is 5.75 Å². The topological polar surface area (TPSA) is 135 Å². The first-order valence-corrected chi connectivity index (χ1v) is 12.2. The summed E-state index contributed by atoms with van der Waals surface area (Å²) in [5.41, 5.74) is 2.12. The highest BCUT2D eigenvalue weighted by atomic mass is 35.5. The average Bonchev–Trinajstić information content (AvgIpc) is 2.82. The number of rotatable bonds is 8. The van der Waals surface area contributed by atoms with Gasteiger partial charge in [-0.1, -0.05) is 35.9 Å². The molecule has 3 rings (SSSR count). The summed E-state index contributed by atoms with van der Waals surface area (Å²) in [5, 5.41) is 10.0. The van der Waals surface area contributed by atoms with Gasteiger partial charge in [0.05, 0.1) is 0 Å². The number of esters is 4. The zero-order valence-corrected chi connectivity index (χ0v) is 22.1. The van der Waals surface area contributed by atoms with E-state index in [-0.39, 0.29) is 12.4 Å². The van der Waals surface area contributed by atoms with Gasteiger partial charge < -0.3 is 28.8 Å². The van der Waals surface area contributed by atoms with E-state index in [0.29, 0.717) is 22.6 Å². The summed E-state index contributed by atoms with van der Waals surface area (Å²) < 4.78 is 27.8. The molecular formula is C27H29ClO10. The van der Waals surface area contributed by atoms with Crippen molar-refractivity contribution in [1.82, 2.24) is 0 Å². The van der Waals surface area contributed by atoms with E-state index in [9.17, 15) is 24.3 Å². The molecule has 1 fully saturated rings. The van der Waals surface area contributed by atoms with Crippen molar-refractivity contribution >= 4 is 35.5 Å². The van der Waals surface area contributed by atoms with Gasteiger partial charge in [0.15, 0.2) is 18.3 Å². The Balaban J connectivity index is 2.06. The molecule has 38 heavy (non-hydrogen) atoms. The smallest absolute Gasteiger partial charge is 0.303 e. The molecule has 0 radical (unpaired) electrons. The van der Waals surface area contributed by atoms with Gasteiger partial charge in [0.1, 0.15) is 24.6 Å². The summed E-state index contributed by atoms with van der Waals surface area (Å²) in [6.07, 6.45) is -5.36. The second kappa shape index (κ2) is 12.7. The van der Waals surface area contributed by atoms with E-state index < -0.39 is 54.4 Å². The van der Waals surface area contributed by atoms with E-state index in [1.165, 1.54) is 20.8 Å². The van der Waals surface area contributed by atoms with Crippen molar-refractivity contribution in [3.63, 3.8) is 0 Å². The fourth-order valence-corrected chi connectivity index (χ4v) is 4.42. The molecule has 1 N–H and O–H groups in total. The number of halogens is 1. The Kier molecular flexibility index (Phi) is 9.71. The molecule has 2 aromatic rings. The van der Waals surface area contributed by atoms with Crippen LogP contribution in [-0.2, 0) is 49.3 Å². The number of benzene rings is 2. The molecule has 1 heterocycles. The van der Waals surface area contributed by atoms with Gasteiger partial charge in [-0.15, -0.1) is 0 Å². The van der Waals surface area contributed by atoms with Crippen LogP contribution in [0.5, 0.6) is 5.75 Å². The predicted molar refractivity (Wildman–Crippen MR) is 133 cm³/mol. The molecular weight excluding hydrogens is 520 g/mol. The zero-order valence-electron chi connectivity index (χ0n) is 21.3. The van der Waals surface area contributed by atoms with Gasteiger partial charge in [-0.25, -0.2) is 0 Å². The van der Waals surface area contributed by atoms with Crippen LogP contribution < -0.4 is 0 Å². The maximum absolute atomic E-state index is 12.1. The molecule has 1 aliphatic heterocycles. The summed E-state index contributed by atoms with van der Waals surface area (Å²) in [5.74, 6) is -2.56. The average molecular weight is 549 g/mol. The van der Waals surface area contributed by atoms with Crippen LogP contribution in [0, 0.1) is 0 Å². The lowest BCUT2D eigenvalue weighted by Gasteiger charge is -2.44. The third kappa shape index (κ3) is 7.69. The van der Waals surface area contributed by atoms with Gasteiger partial charge >= 0.3 is 23.9 Å². The minimum Gasteiger partial charge on any atom is -0.508 e. The van der Waals surface area contributed by atoms with E-state index in [2.05, 4.69) is 0 Å². The number of phenolic OH excluding ortho intramolecular Hbond substituents is 1. The van der Waals surface area contributed by atoms with Gasteiger partial charge in [-0.3, -0.25) is 19.2 Å². The fraction of sp³-hybridized carbons (Fsp3) is 0.407. The molecule has 5 atom stereocenters. The van der Waals surface area contributed by atoms with Crippen molar-refractivity contribution in [2.45, 2.75) is 64.6 Å². The zero-order chi connectivity index (χ0) is 28.0. The fourth-order valence-electron chi connectivity index (χ4n) is 4.24. The molecule has 0 aliphatic carbocycles. The molecule has 2 aromatic carbocycles. The first-order valence-electron chi connectivity index (χ1n) is 11.8. The van der Waals surface area contributed by atoms with Crippen molar-refractivity contribution in [2.24, 2.45) is 0 Å². The molecule has 1 saturated heterocycles. The number of hydrogen-bond donors (Lipinski definition) is 1. The first-order chi connectivity index (χ1) is 17.9. The summed E-state index contributed by atoms with van der Waals surface area (Å²) in [4.78, 5) is 47.6. The van der Waals surface area contributed by atoms with E-state index in [4.69, 9.17) is 35.3 Å². The normalized spacial score (nSPS) is 22.7. The van der Waals surface area contributed by atoms with Crippen LogP contribution in [-0.4, -0.2) is 60.0 Å². The SMILES string of the molecule is CC(=O)OCC1O[C@@H](c2ccc(Cl)c(Cc3ccc(O)cc3)c2)[C@H](OC(C)=O)[C@@H](OC(C)=O)C1OC(C)=O. The molecule has 0 aromatic heterocycles. The van der Waals surface area contributed by atoms with Crippen LogP contribution in [0.4, 0.5) is 0 Å². The summed E-state index contributed by atoms with van der Waals surface area (Å²) in [6.45, 7) is 4.41. The van der Waals surface area contributed by atoms with Crippen LogP contribution in [0.1, 0.15) is 50.5 Å². The Bertz CT molecular complexity index is 1180. The monoisotopic (exact) mass is 548 g/mol. The Labute approximate surface area is 224 Å². The van der Waals surface area contributed by atoms with E-state index in [1.807, 2.05) is 0 Å². The van der Waals surface area contributed by atoms with Crippen molar-refractivity contribution < 1.29 is 48.0 Å². The van der Waals surface area contributed by atoms with Gasteiger partial charge in [-0.2, -0.15) is 0 Å². The Hall–Kier alpha value is -3.63. The molecule has 204 valence electrons. The number of hydrogen-bond acceptors (Lipinski definition) is 10. The molecule has 0 bridgehead atoms. The van der Waals surface area contributed by atoms with Crippen molar-refractivity contribution in [3.05, 3.63) is 64.2 Å². The molecule has 0 spiro atoms. The lowest BCUT2D eigenvalue weighted by Crippen LogP contribution is -2.59. The highest BCUT2D eigenvalue weighted by molar-refractivity contribution is 6.31. The van der Waals surface area contributed by atoms with Gasteiger partial charge in [0.25, 0.3) is 0 Å². The Morgan fingerprint density at radius 3 is 1.97 bits per heavy atom. The first kappa shape index (κ1) is 28.9. The van der Waals surface area contributed by atoms with Crippen LogP contribution >= 0.6 is 11.6 Å². The largest absolute Gasteiger partial charge is 0.508 e. The van der Waals surface area contributed by atoms with Crippen LogP contribution in [0.25, 0.3) is 0 Å². The number of carbonyl (C=O) groups excluding carboxylic acids is 4. The van der Waals surface area contributed by atoms with Gasteiger partial charge in [0.2, 0.25) is 0 Å². The predicted octanol–water partition coefficient (Wildman–Crippen LogP) is 3.43. The number of aromatic hydroxyl groups is 1. The van der Waals surface area contributed by atoms with Gasteiger partial charge in [0, 0.05) is 32.7 Å². The molecule has 11 heteroatoms. The standard InChI is InChI=1S/C27H29ClO10/c1-14(29)34-13-23-25(35-15(2)30)27(37-17(4)32)26(36-16(3)31)24(38-23)19-7-10-22(28)20(12-19)11-18-5-8-21(33)9-6-18/h5-10,12,23-27,33H,11,13H2,1-4H3/t23?,24-,25?,26-,27-/m0/s1. The Morgan fingerprint density at radius 2 is 1.39 bits per heavy atom. The maximum Gasteiger partial charge on any atom is 0.303 e. The van der Waals surface area contributed by atoms with Gasteiger partial charge in [-0.05, 0) is 41.3 Å². The van der Waals surface area contributed by atoms with E-state index >= 15 is 0 Å². The number of phenols is 1. The molecule has 2 unspecified atom stereocenters. The third-order valence-electron chi connectivity index (χ3n) is 5.72. The van der Waals surface area contributed by atoms with E-state index in [0.717, 1.165) is 12.5 Å². The molecule has 0 saturated carbocycles. The molecule has 1 aliphatic rings. The maximum atomic E-state index is 12.1. The summed E-state index contributed by atoms with van der Waals surface area (Å²) in [6, 6.07) is 11.7. The minimum absolute atomic E-state index is 0.131. The van der Waals surface area contributed by atoms with Crippen LogP contribution in [0.15, 0.2) is 42.5 Å². The van der Waals surface area contributed by atoms with Crippen LogP contribution in [0.2, 0.25) is 5.02 Å². The third-order valence-corrected chi connectivity index (χ3v) is 6.09. The second-order valence-corrected chi connectivity index (χ2v) is 9.22.